The van der Waals surface area contributed by atoms with Gasteiger partial charge in [-0.15, -0.1) is 0 Å². The fourth-order valence-electron chi connectivity index (χ4n) is 2.43. The monoisotopic (exact) mass is 358 g/mol. The summed E-state index contributed by atoms with van der Waals surface area (Å²) in [6.07, 6.45) is 0.425. The van der Waals surface area contributed by atoms with Crippen LogP contribution in [0.2, 0.25) is 0 Å². The van der Waals surface area contributed by atoms with Crippen LogP contribution in [-0.4, -0.2) is 43.5 Å². The van der Waals surface area contributed by atoms with E-state index in [2.05, 4.69) is 10.6 Å². The molecule has 2 amide bonds. The van der Waals surface area contributed by atoms with Crippen LogP contribution in [-0.2, 0) is 6.42 Å². The molecule has 2 rings (SSSR count). The van der Waals surface area contributed by atoms with Gasteiger partial charge in [0.2, 0.25) is 0 Å². The SMILES string of the molecule is COc1ccc(C[C@@](C)(O)CNC(=O)NCCOc2ccccc2)cc1. The van der Waals surface area contributed by atoms with Crippen LogP contribution < -0.4 is 20.1 Å². The van der Waals surface area contributed by atoms with Crippen LogP contribution in [0.3, 0.4) is 0 Å². The van der Waals surface area contributed by atoms with Gasteiger partial charge < -0.3 is 25.2 Å². The van der Waals surface area contributed by atoms with Crippen LogP contribution >= 0.6 is 0 Å². The van der Waals surface area contributed by atoms with Crippen LogP contribution in [0.5, 0.6) is 11.5 Å². The Kier molecular flexibility index (Phi) is 7.29. The maximum atomic E-state index is 11.8. The van der Waals surface area contributed by atoms with Crippen molar-refractivity contribution >= 4 is 6.03 Å². The molecule has 0 aliphatic heterocycles. The summed E-state index contributed by atoms with van der Waals surface area (Å²) in [7, 11) is 1.61. The highest BCUT2D eigenvalue weighted by molar-refractivity contribution is 5.73. The first-order valence-corrected chi connectivity index (χ1v) is 8.53. The van der Waals surface area contributed by atoms with Gasteiger partial charge in [-0.25, -0.2) is 4.79 Å². The van der Waals surface area contributed by atoms with Gasteiger partial charge in [0.25, 0.3) is 0 Å². The highest BCUT2D eigenvalue weighted by Crippen LogP contribution is 2.16. The van der Waals surface area contributed by atoms with Crippen molar-refractivity contribution in [2.24, 2.45) is 0 Å². The van der Waals surface area contributed by atoms with Crippen molar-refractivity contribution in [3.8, 4) is 11.5 Å². The molecule has 0 unspecified atom stereocenters. The minimum absolute atomic E-state index is 0.143. The maximum Gasteiger partial charge on any atom is 0.315 e. The number of benzene rings is 2. The topological polar surface area (TPSA) is 79.8 Å². The molecule has 0 radical (unpaired) electrons. The summed E-state index contributed by atoms with van der Waals surface area (Å²) in [6.45, 7) is 2.58. The standard InChI is InChI=1S/C20H26N2O4/c1-20(24,14-16-8-10-17(25-2)11-9-16)15-22-19(23)21-12-13-26-18-6-4-3-5-7-18/h3-11,24H,12-15H2,1-2H3,(H2,21,22,23)/t20-/m1/s1. The molecule has 140 valence electrons. The lowest BCUT2D eigenvalue weighted by Gasteiger charge is -2.24. The summed E-state index contributed by atoms with van der Waals surface area (Å²) >= 11 is 0. The Hall–Kier alpha value is -2.73. The first-order valence-electron chi connectivity index (χ1n) is 8.53. The smallest absolute Gasteiger partial charge is 0.315 e. The first kappa shape index (κ1) is 19.6. The molecule has 6 nitrogen and oxygen atoms in total. The van der Waals surface area contributed by atoms with Gasteiger partial charge in [-0.1, -0.05) is 30.3 Å². The van der Waals surface area contributed by atoms with E-state index in [0.717, 1.165) is 17.1 Å². The van der Waals surface area contributed by atoms with Crippen LogP contribution in [0.1, 0.15) is 12.5 Å². The summed E-state index contributed by atoms with van der Waals surface area (Å²) in [4.78, 5) is 11.8. The number of methoxy groups -OCH3 is 1. The summed E-state index contributed by atoms with van der Waals surface area (Å²) in [5.41, 5.74) is -0.0822. The van der Waals surface area contributed by atoms with Gasteiger partial charge in [0.1, 0.15) is 18.1 Å². The van der Waals surface area contributed by atoms with Gasteiger partial charge in [0.15, 0.2) is 0 Å². The van der Waals surface area contributed by atoms with Crippen LogP contribution in [0.15, 0.2) is 54.6 Å². The van der Waals surface area contributed by atoms with E-state index in [4.69, 9.17) is 9.47 Å². The fraction of sp³-hybridized carbons (Fsp3) is 0.350. The van der Waals surface area contributed by atoms with Crippen molar-refractivity contribution in [2.75, 3.05) is 26.8 Å². The molecule has 0 aliphatic carbocycles. The average Bonchev–Trinajstić information content (AvgIpc) is 2.65. The highest BCUT2D eigenvalue weighted by atomic mass is 16.5. The molecule has 1 atom stereocenters. The Morgan fingerprint density at radius 3 is 2.38 bits per heavy atom. The van der Waals surface area contributed by atoms with E-state index < -0.39 is 5.60 Å². The number of hydrogen-bond acceptors (Lipinski definition) is 4. The van der Waals surface area contributed by atoms with Gasteiger partial charge in [0, 0.05) is 13.0 Å². The number of carbonyl (C=O) groups excluding carboxylic acids is 1. The number of para-hydroxylation sites is 1. The van der Waals surface area contributed by atoms with Gasteiger partial charge >= 0.3 is 6.03 Å². The number of rotatable bonds is 9. The number of ether oxygens (including phenoxy) is 2. The Labute approximate surface area is 154 Å². The minimum Gasteiger partial charge on any atom is -0.497 e. The molecule has 0 bridgehead atoms. The molecule has 2 aromatic rings. The lowest BCUT2D eigenvalue weighted by Crippen LogP contribution is -2.46. The van der Waals surface area contributed by atoms with Crippen LogP contribution in [0.25, 0.3) is 0 Å². The Morgan fingerprint density at radius 2 is 1.73 bits per heavy atom. The summed E-state index contributed by atoms with van der Waals surface area (Å²) in [5.74, 6) is 1.53. The lowest BCUT2D eigenvalue weighted by atomic mass is 9.96. The van der Waals surface area contributed by atoms with Crippen molar-refractivity contribution in [3.05, 3.63) is 60.2 Å². The molecule has 0 fully saturated rings. The molecule has 0 aromatic heterocycles. The van der Waals surface area contributed by atoms with E-state index in [9.17, 15) is 9.90 Å². The molecule has 0 heterocycles. The van der Waals surface area contributed by atoms with Crippen molar-refractivity contribution < 1.29 is 19.4 Å². The molecule has 26 heavy (non-hydrogen) atoms. The molecule has 0 spiro atoms. The van der Waals surface area contributed by atoms with E-state index in [1.165, 1.54) is 0 Å². The van der Waals surface area contributed by atoms with Crippen molar-refractivity contribution in [2.45, 2.75) is 18.9 Å². The summed E-state index contributed by atoms with van der Waals surface area (Å²) in [5, 5.41) is 15.9. The number of nitrogens with one attached hydrogen (secondary N) is 2. The number of hydrogen-bond donors (Lipinski definition) is 3. The van der Waals surface area contributed by atoms with Crippen molar-refractivity contribution in [3.63, 3.8) is 0 Å². The number of amides is 2. The van der Waals surface area contributed by atoms with Gasteiger partial charge in [-0.05, 0) is 36.8 Å². The third-order valence-corrected chi connectivity index (χ3v) is 3.77. The Bertz CT molecular complexity index is 672. The Balaban J connectivity index is 1.66. The minimum atomic E-state index is -1.05. The summed E-state index contributed by atoms with van der Waals surface area (Å²) < 4.78 is 10.6. The predicted molar refractivity (Wildman–Crippen MR) is 101 cm³/mol. The average molecular weight is 358 g/mol. The zero-order valence-corrected chi connectivity index (χ0v) is 15.2. The van der Waals surface area contributed by atoms with Crippen LogP contribution in [0, 0.1) is 0 Å². The molecular weight excluding hydrogens is 332 g/mol. The van der Waals surface area contributed by atoms with Gasteiger partial charge in [0.05, 0.1) is 19.3 Å². The molecule has 3 N–H and O–H groups in total. The zero-order chi connectivity index (χ0) is 18.8. The maximum absolute atomic E-state index is 11.8. The summed E-state index contributed by atoms with van der Waals surface area (Å²) in [6, 6.07) is 16.6. The van der Waals surface area contributed by atoms with E-state index in [1.807, 2.05) is 54.6 Å². The number of aliphatic hydroxyl groups is 1. The molecule has 0 aliphatic rings. The Morgan fingerprint density at radius 1 is 1.04 bits per heavy atom. The predicted octanol–water partition coefficient (Wildman–Crippen LogP) is 2.37. The van der Waals surface area contributed by atoms with Gasteiger partial charge in [-0.2, -0.15) is 0 Å². The second-order valence-electron chi connectivity index (χ2n) is 6.29. The normalized spacial score (nSPS) is 12.7. The quantitative estimate of drug-likeness (QED) is 0.601. The van der Waals surface area contributed by atoms with Gasteiger partial charge in [-0.3, -0.25) is 0 Å². The molecule has 6 heteroatoms. The van der Waals surface area contributed by atoms with Crippen molar-refractivity contribution in [1.82, 2.24) is 10.6 Å². The van der Waals surface area contributed by atoms with E-state index in [-0.39, 0.29) is 12.6 Å². The van der Waals surface area contributed by atoms with Crippen molar-refractivity contribution in [1.29, 1.82) is 0 Å². The second-order valence-corrected chi connectivity index (χ2v) is 6.29. The molecule has 0 saturated heterocycles. The third-order valence-electron chi connectivity index (χ3n) is 3.77. The largest absolute Gasteiger partial charge is 0.497 e. The fourth-order valence-corrected chi connectivity index (χ4v) is 2.43. The lowest BCUT2D eigenvalue weighted by molar-refractivity contribution is 0.0623. The molecule has 2 aromatic carbocycles. The van der Waals surface area contributed by atoms with Crippen LogP contribution in [0.4, 0.5) is 4.79 Å². The number of urea groups is 1. The van der Waals surface area contributed by atoms with E-state index in [0.29, 0.717) is 19.6 Å². The number of carbonyl (C=O) groups is 1. The molecular formula is C20H26N2O4. The second kappa shape index (κ2) is 9.68. The first-order chi connectivity index (χ1) is 12.5. The third kappa shape index (κ3) is 7.03. The molecule has 0 saturated carbocycles. The highest BCUT2D eigenvalue weighted by Gasteiger charge is 2.21. The van der Waals surface area contributed by atoms with E-state index in [1.54, 1.807) is 14.0 Å². The zero-order valence-electron chi connectivity index (χ0n) is 15.2. The van der Waals surface area contributed by atoms with E-state index >= 15 is 0 Å².